The Morgan fingerprint density at radius 2 is 1.37 bits per heavy atom. The van der Waals surface area contributed by atoms with E-state index >= 15 is 0 Å². The number of esters is 1. The lowest BCUT2D eigenvalue weighted by Crippen LogP contribution is -2.10. The van der Waals surface area contributed by atoms with Crippen molar-refractivity contribution in [2.75, 3.05) is 11.9 Å². The maximum atomic E-state index is 12.1. The van der Waals surface area contributed by atoms with Crippen molar-refractivity contribution in [3.8, 4) is 0 Å². The Morgan fingerprint density at radius 3 is 1.93 bits per heavy atom. The second-order valence-corrected chi connectivity index (χ2v) is 7.19. The highest BCUT2D eigenvalue weighted by molar-refractivity contribution is 5.97. The molecule has 27 heavy (non-hydrogen) atoms. The molecule has 0 atom stereocenters. The number of carbonyl (C=O) groups is 2. The number of rotatable bonds is 17. The van der Waals surface area contributed by atoms with E-state index in [1.165, 1.54) is 70.6 Å². The Morgan fingerprint density at radius 1 is 0.852 bits per heavy atom. The largest absolute Gasteiger partial charge is 0.462 e. The number of hydrogen-bond donors (Lipinski definition) is 1. The molecular formula is C23H37NO3. The van der Waals surface area contributed by atoms with Gasteiger partial charge in [0.1, 0.15) is 0 Å². The van der Waals surface area contributed by atoms with Gasteiger partial charge in [-0.2, -0.15) is 0 Å². The number of hydrogen-bond acceptors (Lipinski definition) is 3. The van der Waals surface area contributed by atoms with Crippen LogP contribution in [0.3, 0.4) is 0 Å². The second kappa shape index (κ2) is 16.3. The van der Waals surface area contributed by atoms with Crippen molar-refractivity contribution in [1.29, 1.82) is 0 Å². The average molecular weight is 376 g/mol. The summed E-state index contributed by atoms with van der Waals surface area (Å²) in [5.41, 5.74) is 0.891. The maximum absolute atomic E-state index is 12.1. The molecule has 0 bridgehead atoms. The van der Waals surface area contributed by atoms with Crippen LogP contribution in [-0.4, -0.2) is 19.0 Å². The maximum Gasteiger partial charge on any atom is 0.340 e. The molecule has 0 heterocycles. The van der Waals surface area contributed by atoms with Gasteiger partial charge in [-0.25, -0.2) is 4.79 Å². The zero-order valence-corrected chi connectivity index (χ0v) is 17.0. The van der Waals surface area contributed by atoms with E-state index < -0.39 is 0 Å². The lowest BCUT2D eigenvalue weighted by molar-refractivity contribution is -0.105. The molecule has 1 aromatic rings. The standard InChI is InChI=1S/C23H37NO3/c1-2-3-4-5-6-7-8-9-10-11-12-13-16-19-27-23(26)21-17-14-15-18-22(21)24-20-25/h14-15,17-18,20H,2-13,16,19H2,1H3,(H,24,25). The normalized spacial score (nSPS) is 10.6. The van der Waals surface area contributed by atoms with Crippen molar-refractivity contribution in [1.82, 2.24) is 0 Å². The van der Waals surface area contributed by atoms with Crippen LogP contribution in [0.15, 0.2) is 24.3 Å². The third-order valence-corrected chi connectivity index (χ3v) is 4.84. The van der Waals surface area contributed by atoms with Crippen LogP contribution in [0, 0.1) is 0 Å². The molecule has 0 fully saturated rings. The van der Waals surface area contributed by atoms with Crippen molar-refractivity contribution in [3.63, 3.8) is 0 Å². The fourth-order valence-electron chi connectivity index (χ4n) is 3.21. The van der Waals surface area contributed by atoms with Crippen LogP contribution in [-0.2, 0) is 9.53 Å². The van der Waals surface area contributed by atoms with Crippen molar-refractivity contribution in [3.05, 3.63) is 29.8 Å². The number of para-hydroxylation sites is 1. The number of carbonyl (C=O) groups excluding carboxylic acids is 2. The summed E-state index contributed by atoms with van der Waals surface area (Å²) in [6, 6.07) is 6.89. The summed E-state index contributed by atoms with van der Waals surface area (Å²) in [7, 11) is 0. The quantitative estimate of drug-likeness (QED) is 0.192. The van der Waals surface area contributed by atoms with E-state index in [9.17, 15) is 9.59 Å². The summed E-state index contributed by atoms with van der Waals surface area (Å²) in [6.07, 6.45) is 17.4. The smallest absolute Gasteiger partial charge is 0.340 e. The molecular weight excluding hydrogens is 338 g/mol. The second-order valence-electron chi connectivity index (χ2n) is 7.19. The van der Waals surface area contributed by atoms with Gasteiger partial charge in [0.2, 0.25) is 6.41 Å². The molecule has 152 valence electrons. The van der Waals surface area contributed by atoms with Gasteiger partial charge in [-0.1, -0.05) is 96.1 Å². The van der Waals surface area contributed by atoms with Crippen molar-refractivity contribution >= 4 is 18.1 Å². The molecule has 0 unspecified atom stereocenters. The van der Waals surface area contributed by atoms with Crippen LogP contribution < -0.4 is 5.32 Å². The van der Waals surface area contributed by atoms with Crippen LogP contribution in [0.1, 0.15) is 101 Å². The third-order valence-electron chi connectivity index (χ3n) is 4.84. The molecule has 4 heteroatoms. The molecule has 0 aliphatic rings. The highest BCUT2D eigenvalue weighted by atomic mass is 16.5. The Hall–Kier alpha value is -1.84. The average Bonchev–Trinajstić information content (AvgIpc) is 2.68. The van der Waals surface area contributed by atoms with E-state index in [0.29, 0.717) is 24.3 Å². The van der Waals surface area contributed by atoms with Crippen molar-refractivity contribution < 1.29 is 14.3 Å². The van der Waals surface area contributed by atoms with Gasteiger partial charge in [0.05, 0.1) is 17.9 Å². The lowest BCUT2D eigenvalue weighted by atomic mass is 10.0. The van der Waals surface area contributed by atoms with Gasteiger partial charge in [0.15, 0.2) is 0 Å². The fourth-order valence-corrected chi connectivity index (χ4v) is 3.21. The monoisotopic (exact) mass is 375 g/mol. The van der Waals surface area contributed by atoms with E-state index in [2.05, 4.69) is 12.2 Å². The van der Waals surface area contributed by atoms with Gasteiger partial charge in [0, 0.05) is 0 Å². The zero-order chi connectivity index (χ0) is 19.6. The van der Waals surface area contributed by atoms with E-state index in [0.717, 1.165) is 12.8 Å². The minimum atomic E-state index is -0.376. The number of nitrogens with one attached hydrogen (secondary N) is 1. The molecule has 1 aromatic carbocycles. The molecule has 0 spiro atoms. The minimum absolute atomic E-state index is 0.376. The molecule has 0 aliphatic heterocycles. The van der Waals surface area contributed by atoms with Crippen molar-refractivity contribution in [2.45, 2.75) is 90.4 Å². The SMILES string of the molecule is CCCCCCCCCCCCCCCOC(=O)c1ccccc1NC=O. The molecule has 1 N–H and O–H groups in total. The van der Waals surface area contributed by atoms with Gasteiger partial charge in [-0.05, 0) is 18.6 Å². The first-order chi connectivity index (χ1) is 13.3. The van der Waals surface area contributed by atoms with Crippen LogP contribution in [0.2, 0.25) is 0 Å². The summed E-state index contributed by atoms with van der Waals surface area (Å²) in [6.45, 7) is 2.70. The highest BCUT2D eigenvalue weighted by Gasteiger charge is 2.11. The summed E-state index contributed by atoms with van der Waals surface area (Å²) in [5.74, 6) is -0.376. The first-order valence-electron chi connectivity index (χ1n) is 10.8. The predicted octanol–water partition coefficient (Wildman–Crippen LogP) is 6.50. The van der Waals surface area contributed by atoms with Crippen LogP contribution in [0.4, 0.5) is 5.69 Å². The molecule has 1 amide bonds. The summed E-state index contributed by atoms with van der Waals surface area (Å²) >= 11 is 0. The predicted molar refractivity (Wildman–Crippen MR) is 112 cm³/mol. The fraction of sp³-hybridized carbons (Fsp3) is 0.652. The molecule has 0 saturated heterocycles. The van der Waals surface area contributed by atoms with Gasteiger partial charge in [-0.3, -0.25) is 4.79 Å². The molecule has 0 radical (unpaired) electrons. The van der Waals surface area contributed by atoms with E-state index in [4.69, 9.17) is 4.74 Å². The van der Waals surface area contributed by atoms with Gasteiger partial charge >= 0.3 is 5.97 Å². The van der Waals surface area contributed by atoms with Gasteiger partial charge in [-0.15, -0.1) is 0 Å². The Balaban J connectivity index is 1.96. The van der Waals surface area contributed by atoms with E-state index in [1.54, 1.807) is 24.3 Å². The first kappa shape index (κ1) is 23.2. The highest BCUT2D eigenvalue weighted by Crippen LogP contribution is 2.16. The van der Waals surface area contributed by atoms with Crippen molar-refractivity contribution in [2.24, 2.45) is 0 Å². The Bertz CT molecular complexity index is 516. The number of amides is 1. The first-order valence-corrected chi connectivity index (χ1v) is 10.8. The summed E-state index contributed by atoms with van der Waals surface area (Å²) in [5, 5.41) is 2.53. The van der Waals surface area contributed by atoms with Gasteiger partial charge < -0.3 is 10.1 Å². The molecule has 1 rings (SSSR count). The Labute approximate surface area is 165 Å². The van der Waals surface area contributed by atoms with E-state index in [1.807, 2.05) is 0 Å². The van der Waals surface area contributed by atoms with Crippen LogP contribution >= 0.6 is 0 Å². The van der Waals surface area contributed by atoms with Gasteiger partial charge in [0.25, 0.3) is 0 Å². The minimum Gasteiger partial charge on any atom is -0.462 e. The third kappa shape index (κ3) is 11.5. The number of anilines is 1. The number of benzene rings is 1. The lowest BCUT2D eigenvalue weighted by Gasteiger charge is -2.08. The molecule has 0 saturated carbocycles. The molecule has 0 aliphatic carbocycles. The Kier molecular flexibility index (Phi) is 14.0. The molecule has 0 aromatic heterocycles. The summed E-state index contributed by atoms with van der Waals surface area (Å²) in [4.78, 5) is 22.7. The topological polar surface area (TPSA) is 55.4 Å². The summed E-state index contributed by atoms with van der Waals surface area (Å²) < 4.78 is 5.32. The molecule has 4 nitrogen and oxygen atoms in total. The van der Waals surface area contributed by atoms with E-state index in [-0.39, 0.29) is 5.97 Å². The number of unbranched alkanes of at least 4 members (excludes halogenated alkanes) is 12. The number of ether oxygens (including phenoxy) is 1. The van der Waals surface area contributed by atoms with Crippen LogP contribution in [0.25, 0.3) is 0 Å². The van der Waals surface area contributed by atoms with Crippen LogP contribution in [0.5, 0.6) is 0 Å². The zero-order valence-electron chi connectivity index (χ0n) is 17.0.